The molecule has 18 heavy (non-hydrogen) atoms. The fourth-order valence-corrected chi connectivity index (χ4v) is 1.36. The van der Waals surface area contributed by atoms with Crippen LogP contribution in [0.2, 0.25) is 5.02 Å². The second-order valence-electron chi connectivity index (χ2n) is 4.38. The Balaban J connectivity index is 2.61. The number of methoxy groups -OCH3 is 1. The van der Waals surface area contributed by atoms with Crippen LogP contribution >= 0.6 is 11.6 Å². The lowest BCUT2D eigenvalue weighted by atomic mass is 10.1. The molecule has 6 heteroatoms. The summed E-state index contributed by atoms with van der Waals surface area (Å²) in [7, 11) is 1.63. The fraction of sp³-hybridized carbons (Fsp3) is 0.500. The highest BCUT2D eigenvalue weighted by Crippen LogP contribution is 2.23. The first kappa shape index (κ1) is 14.7. The second kappa shape index (κ2) is 6.02. The first-order valence-corrected chi connectivity index (χ1v) is 5.80. The molecule has 0 aromatic carbocycles. The van der Waals surface area contributed by atoms with Crippen molar-refractivity contribution in [3.05, 3.63) is 22.8 Å². The van der Waals surface area contributed by atoms with E-state index in [0.717, 1.165) is 0 Å². The number of aromatic carboxylic acids is 1. The number of ether oxygens (including phenoxy) is 2. The Morgan fingerprint density at radius 2 is 2.22 bits per heavy atom. The standard InChI is InChI=1S/C12H16ClNO4/c1-12(2,17-3)4-5-18-10-9(13)6-8(7-14-10)11(15)16/h6-7H,4-5H2,1-3H3,(H,15,16). The van der Waals surface area contributed by atoms with E-state index in [0.29, 0.717) is 13.0 Å². The van der Waals surface area contributed by atoms with Gasteiger partial charge in [-0.2, -0.15) is 0 Å². The molecule has 1 heterocycles. The highest BCUT2D eigenvalue weighted by molar-refractivity contribution is 6.32. The Morgan fingerprint density at radius 1 is 1.56 bits per heavy atom. The topological polar surface area (TPSA) is 68.7 Å². The third kappa shape index (κ3) is 4.16. The van der Waals surface area contributed by atoms with E-state index in [2.05, 4.69) is 4.98 Å². The van der Waals surface area contributed by atoms with Crippen LogP contribution in [0.25, 0.3) is 0 Å². The molecule has 1 rings (SSSR count). The van der Waals surface area contributed by atoms with E-state index in [-0.39, 0.29) is 22.1 Å². The van der Waals surface area contributed by atoms with Crippen LogP contribution in [0.1, 0.15) is 30.6 Å². The van der Waals surface area contributed by atoms with E-state index in [1.54, 1.807) is 7.11 Å². The third-order valence-electron chi connectivity index (χ3n) is 2.55. The minimum atomic E-state index is -1.07. The molecule has 0 fully saturated rings. The minimum absolute atomic E-state index is 0.0320. The van der Waals surface area contributed by atoms with Gasteiger partial charge in [0.25, 0.3) is 0 Å². The number of hydrogen-bond donors (Lipinski definition) is 1. The van der Waals surface area contributed by atoms with Crippen LogP contribution in [-0.4, -0.2) is 35.4 Å². The van der Waals surface area contributed by atoms with Gasteiger partial charge < -0.3 is 14.6 Å². The summed E-state index contributed by atoms with van der Waals surface area (Å²) in [4.78, 5) is 14.6. The van der Waals surface area contributed by atoms with Crippen molar-refractivity contribution in [2.45, 2.75) is 25.9 Å². The zero-order valence-corrected chi connectivity index (χ0v) is 11.3. The number of halogens is 1. The molecule has 0 aliphatic heterocycles. The Labute approximate surface area is 111 Å². The number of carboxylic acids is 1. The maximum atomic E-state index is 10.7. The van der Waals surface area contributed by atoms with Gasteiger partial charge in [-0.05, 0) is 19.9 Å². The molecule has 0 radical (unpaired) electrons. The predicted octanol–water partition coefficient (Wildman–Crippen LogP) is 2.63. The summed E-state index contributed by atoms with van der Waals surface area (Å²) in [5.74, 6) is -0.843. The Hall–Kier alpha value is -1.33. The van der Waals surface area contributed by atoms with Gasteiger partial charge in [0.2, 0.25) is 5.88 Å². The van der Waals surface area contributed by atoms with Crippen molar-refractivity contribution in [1.29, 1.82) is 0 Å². The van der Waals surface area contributed by atoms with Gasteiger partial charge >= 0.3 is 5.97 Å². The number of pyridine rings is 1. The summed E-state index contributed by atoms with van der Waals surface area (Å²) in [6.07, 6.45) is 1.88. The molecule has 0 atom stereocenters. The number of hydrogen-bond acceptors (Lipinski definition) is 4. The summed E-state index contributed by atoms with van der Waals surface area (Å²) in [6, 6.07) is 1.31. The fourth-order valence-electron chi connectivity index (χ4n) is 1.14. The monoisotopic (exact) mass is 273 g/mol. The summed E-state index contributed by atoms with van der Waals surface area (Å²) >= 11 is 5.88. The summed E-state index contributed by atoms with van der Waals surface area (Å²) in [5, 5.41) is 8.94. The van der Waals surface area contributed by atoms with Gasteiger partial charge in [-0.1, -0.05) is 11.6 Å². The number of aromatic nitrogens is 1. The average molecular weight is 274 g/mol. The lowest BCUT2D eigenvalue weighted by molar-refractivity contribution is 0.00509. The molecule has 100 valence electrons. The Kier molecular flexibility index (Phi) is 4.93. The number of carbonyl (C=O) groups is 1. The molecular weight excluding hydrogens is 258 g/mol. The van der Waals surface area contributed by atoms with Gasteiger partial charge in [0.1, 0.15) is 5.02 Å². The van der Waals surface area contributed by atoms with Gasteiger partial charge in [-0.15, -0.1) is 0 Å². The first-order valence-electron chi connectivity index (χ1n) is 5.42. The SMILES string of the molecule is COC(C)(C)CCOc1ncc(C(=O)O)cc1Cl. The highest BCUT2D eigenvalue weighted by Gasteiger charge is 2.17. The smallest absolute Gasteiger partial charge is 0.337 e. The molecule has 0 saturated heterocycles. The molecule has 1 aromatic rings. The quantitative estimate of drug-likeness (QED) is 0.863. The van der Waals surface area contributed by atoms with E-state index >= 15 is 0 Å². The van der Waals surface area contributed by atoms with Crippen molar-refractivity contribution < 1.29 is 19.4 Å². The average Bonchev–Trinajstić information content (AvgIpc) is 2.31. The van der Waals surface area contributed by atoms with Crippen LogP contribution in [0, 0.1) is 0 Å². The number of rotatable bonds is 6. The van der Waals surface area contributed by atoms with Crippen molar-refractivity contribution in [2.75, 3.05) is 13.7 Å². The van der Waals surface area contributed by atoms with E-state index in [1.165, 1.54) is 12.3 Å². The van der Waals surface area contributed by atoms with Gasteiger partial charge in [0.15, 0.2) is 0 Å². The molecular formula is C12H16ClNO4. The second-order valence-corrected chi connectivity index (χ2v) is 4.79. The molecule has 0 bridgehead atoms. The number of nitrogens with zero attached hydrogens (tertiary/aromatic N) is 1. The van der Waals surface area contributed by atoms with Crippen LogP contribution in [0.4, 0.5) is 0 Å². The first-order chi connectivity index (χ1) is 8.35. The van der Waals surface area contributed by atoms with E-state index in [4.69, 9.17) is 26.2 Å². The third-order valence-corrected chi connectivity index (χ3v) is 2.82. The molecule has 1 N–H and O–H groups in total. The summed E-state index contributed by atoms with van der Waals surface area (Å²) in [6.45, 7) is 4.28. The molecule has 0 aliphatic carbocycles. The van der Waals surface area contributed by atoms with Gasteiger partial charge in [-0.3, -0.25) is 0 Å². The Morgan fingerprint density at radius 3 is 2.72 bits per heavy atom. The van der Waals surface area contributed by atoms with Crippen LogP contribution in [0.3, 0.4) is 0 Å². The van der Waals surface area contributed by atoms with Crippen molar-refractivity contribution in [3.63, 3.8) is 0 Å². The van der Waals surface area contributed by atoms with Crippen molar-refractivity contribution in [1.82, 2.24) is 4.98 Å². The predicted molar refractivity (Wildman–Crippen MR) is 67.4 cm³/mol. The molecule has 1 aromatic heterocycles. The van der Waals surface area contributed by atoms with Gasteiger partial charge in [0.05, 0.1) is 17.8 Å². The normalized spacial score (nSPS) is 11.3. The summed E-state index contributed by atoms with van der Waals surface area (Å²) < 4.78 is 10.6. The molecule has 0 amide bonds. The van der Waals surface area contributed by atoms with Crippen LogP contribution in [0.5, 0.6) is 5.88 Å². The van der Waals surface area contributed by atoms with Crippen molar-refractivity contribution in [3.8, 4) is 5.88 Å². The maximum absolute atomic E-state index is 10.7. The maximum Gasteiger partial charge on any atom is 0.337 e. The lowest BCUT2D eigenvalue weighted by Gasteiger charge is -2.22. The molecule has 0 saturated carbocycles. The largest absolute Gasteiger partial charge is 0.478 e. The minimum Gasteiger partial charge on any atom is -0.478 e. The number of carboxylic acid groups (broad SMARTS) is 1. The van der Waals surface area contributed by atoms with Gasteiger partial charge in [-0.25, -0.2) is 9.78 Å². The molecule has 0 aliphatic rings. The summed E-state index contributed by atoms with van der Waals surface area (Å²) in [5.41, 5.74) is -0.252. The van der Waals surface area contributed by atoms with Crippen LogP contribution < -0.4 is 4.74 Å². The van der Waals surface area contributed by atoms with E-state index < -0.39 is 5.97 Å². The van der Waals surface area contributed by atoms with Crippen LogP contribution in [0.15, 0.2) is 12.3 Å². The van der Waals surface area contributed by atoms with Crippen LogP contribution in [-0.2, 0) is 4.74 Å². The van der Waals surface area contributed by atoms with Crippen molar-refractivity contribution >= 4 is 17.6 Å². The van der Waals surface area contributed by atoms with Crippen molar-refractivity contribution in [2.24, 2.45) is 0 Å². The Bertz CT molecular complexity index is 434. The lowest BCUT2D eigenvalue weighted by Crippen LogP contribution is -2.25. The molecule has 0 unspecified atom stereocenters. The molecule has 0 spiro atoms. The highest BCUT2D eigenvalue weighted by atomic mass is 35.5. The van der Waals surface area contributed by atoms with E-state index in [1.807, 2.05) is 13.8 Å². The van der Waals surface area contributed by atoms with Gasteiger partial charge in [0, 0.05) is 19.7 Å². The zero-order chi connectivity index (χ0) is 13.8. The molecule has 5 nitrogen and oxygen atoms in total. The zero-order valence-electron chi connectivity index (χ0n) is 10.6. The van der Waals surface area contributed by atoms with E-state index in [9.17, 15) is 4.79 Å².